The number of ether oxygens (including phenoxy) is 2. The van der Waals surface area contributed by atoms with Gasteiger partial charge in [0.2, 0.25) is 5.88 Å². The van der Waals surface area contributed by atoms with Crippen molar-refractivity contribution in [1.29, 1.82) is 0 Å². The summed E-state index contributed by atoms with van der Waals surface area (Å²) in [5.41, 5.74) is 10.8. The largest absolute Gasteiger partial charge is 0.465 e. The van der Waals surface area contributed by atoms with Gasteiger partial charge < -0.3 is 15.2 Å². The van der Waals surface area contributed by atoms with Crippen molar-refractivity contribution in [3.63, 3.8) is 0 Å². The number of esters is 1. The van der Waals surface area contributed by atoms with Crippen molar-refractivity contribution < 1.29 is 19.1 Å². The van der Waals surface area contributed by atoms with E-state index in [1.807, 2.05) is 45.0 Å². The van der Waals surface area contributed by atoms with Crippen LogP contribution in [0.25, 0.3) is 0 Å². The van der Waals surface area contributed by atoms with Gasteiger partial charge in [-0.1, -0.05) is 37.6 Å². The quantitative estimate of drug-likeness (QED) is 0.372. The fraction of sp³-hybridized carbons (Fsp3) is 0.357. The molecule has 0 amide bonds. The predicted molar refractivity (Wildman–Crippen MR) is 139 cm³/mol. The first-order valence-electron chi connectivity index (χ1n) is 11.5. The van der Waals surface area contributed by atoms with Crippen LogP contribution in [0.5, 0.6) is 0 Å². The van der Waals surface area contributed by atoms with Crippen molar-refractivity contribution in [2.75, 3.05) is 7.11 Å². The minimum absolute atomic E-state index is 0.00293. The molecule has 35 heavy (non-hydrogen) atoms. The molecule has 0 spiro atoms. The third kappa shape index (κ3) is 5.14. The molecule has 0 saturated heterocycles. The maximum atomic E-state index is 13.4. The number of ketones is 1. The van der Waals surface area contributed by atoms with E-state index >= 15 is 0 Å². The van der Waals surface area contributed by atoms with Gasteiger partial charge in [-0.15, -0.1) is 11.8 Å². The van der Waals surface area contributed by atoms with Gasteiger partial charge in [0.25, 0.3) is 0 Å². The van der Waals surface area contributed by atoms with Crippen LogP contribution in [-0.4, -0.2) is 18.9 Å². The summed E-state index contributed by atoms with van der Waals surface area (Å²) in [6.07, 6.45) is 0.953. The van der Waals surface area contributed by atoms with Crippen LogP contribution in [0.3, 0.4) is 0 Å². The zero-order chi connectivity index (χ0) is 25.5. The molecule has 2 aromatic carbocycles. The molecule has 7 heteroatoms. The first kappa shape index (κ1) is 25.4. The second-order valence-electron chi connectivity index (χ2n) is 9.96. The minimum Gasteiger partial charge on any atom is -0.465 e. The molecule has 1 atom stereocenters. The van der Waals surface area contributed by atoms with Gasteiger partial charge in [-0.2, -0.15) is 0 Å². The second-order valence-corrected chi connectivity index (χ2v) is 11.4. The predicted octanol–water partition coefficient (Wildman–Crippen LogP) is 6.35. The van der Waals surface area contributed by atoms with Crippen LogP contribution in [0.1, 0.15) is 54.9 Å². The molecule has 0 bridgehead atoms. The lowest BCUT2D eigenvalue weighted by Gasteiger charge is -2.38. The van der Waals surface area contributed by atoms with E-state index in [0.717, 1.165) is 32.9 Å². The highest BCUT2D eigenvalue weighted by Gasteiger charge is 2.45. The molecule has 1 aliphatic carbocycles. The summed E-state index contributed by atoms with van der Waals surface area (Å²) >= 11 is 7.73. The molecule has 2 aliphatic rings. The number of hydrogen-bond acceptors (Lipinski definition) is 6. The molecule has 1 aliphatic heterocycles. The zero-order valence-electron chi connectivity index (χ0n) is 20.7. The molecule has 0 radical (unpaired) electrons. The van der Waals surface area contributed by atoms with Crippen LogP contribution >= 0.6 is 23.4 Å². The van der Waals surface area contributed by atoms with E-state index in [0.29, 0.717) is 29.2 Å². The standard InChI is InChI=1S/C28H30ClNO4S/c1-15-10-16(2)20(11-17(15)14-35-19-8-6-18(29)7-9-19)23-24-21(31)12-28(3,4)13-22(24)34-26(30)25(23)27(32)33-5/h6-11,23H,12-14,30H2,1-5H3/t23-/m0/s1. The summed E-state index contributed by atoms with van der Waals surface area (Å²) in [5, 5.41) is 0.701. The molecule has 0 unspecified atom stereocenters. The summed E-state index contributed by atoms with van der Waals surface area (Å²) in [6, 6.07) is 11.9. The van der Waals surface area contributed by atoms with Crippen LogP contribution in [-0.2, 0) is 24.8 Å². The van der Waals surface area contributed by atoms with E-state index in [9.17, 15) is 9.59 Å². The molecule has 1 heterocycles. The molecule has 0 saturated carbocycles. The summed E-state index contributed by atoms with van der Waals surface area (Å²) < 4.78 is 11.0. The number of thioether (sulfide) groups is 1. The highest BCUT2D eigenvalue weighted by molar-refractivity contribution is 7.98. The molecule has 5 nitrogen and oxygen atoms in total. The van der Waals surface area contributed by atoms with Crippen molar-refractivity contribution >= 4 is 35.1 Å². The van der Waals surface area contributed by atoms with Crippen molar-refractivity contribution in [3.05, 3.63) is 86.5 Å². The van der Waals surface area contributed by atoms with E-state index in [1.165, 1.54) is 7.11 Å². The number of allylic oxidation sites excluding steroid dienone is 2. The number of hydrogen-bond donors (Lipinski definition) is 1. The number of methoxy groups -OCH3 is 1. The van der Waals surface area contributed by atoms with Crippen LogP contribution in [0, 0.1) is 19.3 Å². The Hall–Kier alpha value is -2.70. The first-order valence-corrected chi connectivity index (χ1v) is 12.9. The molecular weight excluding hydrogens is 482 g/mol. The van der Waals surface area contributed by atoms with Gasteiger partial charge in [-0.3, -0.25) is 4.79 Å². The molecular formula is C28H30ClNO4S. The van der Waals surface area contributed by atoms with Gasteiger partial charge >= 0.3 is 5.97 Å². The van der Waals surface area contributed by atoms with Gasteiger partial charge in [0, 0.05) is 34.1 Å². The molecule has 0 aromatic heterocycles. The Kier molecular flexibility index (Phi) is 7.07. The maximum absolute atomic E-state index is 13.4. The number of aryl methyl sites for hydroxylation is 2. The number of carbonyl (C=O) groups excluding carboxylic acids is 2. The average Bonchev–Trinajstić information content (AvgIpc) is 2.77. The molecule has 2 aromatic rings. The number of nitrogens with two attached hydrogens (primary N) is 1. The number of Topliss-reactive ketones (excluding diaryl/α,β-unsaturated/α-hetero) is 1. The van der Waals surface area contributed by atoms with Crippen LogP contribution in [0.2, 0.25) is 5.02 Å². The molecule has 184 valence electrons. The van der Waals surface area contributed by atoms with E-state index in [1.54, 1.807) is 11.8 Å². The highest BCUT2D eigenvalue weighted by atomic mass is 35.5. The van der Waals surface area contributed by atoms with E-state index in [4.69, 9.17) is 26.8 Å². The third-order valence-corrected chi connectivity index (χ3v) is 7.92. The van der Waals surface area contributed by atoms with Crippen molar-refractivity contribution in [3.8, 4) is 0 Å². The van der Waals surface area contributed by atoms with E-state index in [2.05, 4.69) is 19.1 Å². The Balaban J connectivity index is 1.81. The van der Waals surface area contributed by atoms with Crippen LogP contribution < -0.4 is 5.73 Å². The summed E-state index contributed by atoms with van der Waals surface area (Å²) in [5.74, 6) is 0.0427. The number of rotatable bonds is 5. The van der Waals surface area contributed by atoms with Crippen molar-refractivity contribution in [2.45, 2.75) is 57.1 Å². The van der Waals surface area contributed by atoms with E-state index < -0.39 is 11.9 Å². The number of benzene rings is 2. The Labute approximate surface area is 215 Å². The highest BCUT2D eigenvalue weighted by Crippen LogP contribution is 2.49. The first-order chi connectivity index (χ1) is 16.5. The fourth-order valence-corrected chi connectivity index (χ4v) is 5.97. The van der Waals surface area contributed by atoms with Crippen molar-refractivity contribution in [2.24, 2.45) is 11.1 Å². The van der Waals surface area contributed by atoms with Crippen LogP contribution in [0.4, 0.5) is 0 Å². The normalized spacial score (nSPS) is 19.4. The molecule has 2 N–H and O–H groups in total. The average molecular weight is 512 g/mol. The monoisotopic (exact) mass is 511 g/mol. The Morgan fingerprint density at radius 3 is 2.51 bits per heavy atom. The molecule has 4 rings (SSSR count). The Morgan fingerprint density at radius 2 is 1.86 bits per heavy atom. The summed E-state index contributed by atoms with van der Waals surface area (Å²) in [4.78, 5) is 27.4. The number of halogens is 1. The fourth-order valence-electron chi connectivity index (χ4n) is 4.88. The smallest absolute Gasteiger partial charge is 0.340 e. The lowest BCUT2D eigenvalue weighted by molar-refractivity contribution is -0.136. The van der Waals surface area contributed by atoms with Gasteiger partial charge in [-0.25, -0.2) is 4.79 Å². The lowest BCUT2D eigenvalue weighted by Crippen LogP contribution is -2.35. The Morgan fingerprint density at radius 1 is 1.17 bits per heavy atom. The topological polar surface area (TPSA) is 78.6 Å². The third-order valence-electron chi connectivity index (χ3n) is 6.60. The summed E-state index contributed by atoms with van der Waals surface area (Å²) in [6.45, 7) is 8.14. The second kappa shape index (κ2) is 9.75. The molecule has 0 fully saturated rings. The Bertz CT molecular complexity index is 1260. The SMILES string of the molecule is COC(=O)C1=C(N)OC2=C(C(=O)CC(C)(C)C2)[C@@H]1c1cc(CSc2ccc(Cl)cc2)c(C)cc1C. The van der Waals surface area contributed by atoms with Gasteiger partial charge in [-0.05, 0) is 65.8 Å². The maximum Gasteiger partial charge on any atom is 0.340 e. The minimum atomic E-state index is -0.630. The lowest BCUT2D eigenvalue weighted by atomic mass is 9.69. The van der Waals surface area contributed by atoms with Gasteiger partial charge in [0.05, 0.1) is 13.0 Å². The van der Waals surface area contributed by atoms with E-state index in [-0.39, 0.29) is 22.7 Å². The van der Waals surface area contributed by atoms with Gasteiger partial charge in [0.15, 0.2) is 5.78 Å². The summed E-state index contributed by atoms with van der Waals surface area (Å²) in [7, 11) is 1.31. The van der Waals surface area contributed by atoms with Gasteiger partial charge in [0.1, 0.15) is 11.3 Å². The zero-order valence-corrected chi connectivity index (χ0v) is 22.2. The van der Waals surface area contributed by atoms with Crippen molar-refractivity contribution in [1.82, 2.24) is 0 Å². The number of carbonyl (C=O) groups is 2. The van der Waals surface area contributed by atoms with Crippen LogP contribution in [0.15, 0.2) is 64.1 Å².